The molecule has 3 aromatic rings. The number of hydrogen-bond acceptors (Lipinski definition) is 4. The van der Waals surface area contributed by atoms with Crippen LogP contribution >= 0.6 is 0 Å². The van der Waals surface area contributed by atoms with E-state index in [0.717, 1.165) is 47.0 Å². The molecule has 0 atom stereocenters. The Morgan fingerprint density at radius 3 is 2.70 bits per heavy atom. The monoisotopic (exact) mass is 307 g/mol. The lowest BCUT2D eigenvalue weighted by atomic mass is 10.2. The highest BCUT2D eigenvalue weighted by Gasteiger charge is 2.20. The predicted molar refractivity (Wildman–Crippen MR) is 94.9 cm³/mol. The van der Waals surface area contributed by atoms with E-state index in [9.17, 15) is 0 Å². The second kappa shape index (κ2) is 5.57. The molecular weight excluding hydrogens is 286 g/mol. The minimum atomic E-state index is 0.794. The van der Waals surface area contributed by atoms with Gasteiger partial charge < -0.3 is 14.8 Å². The summed E-state index contributed by atoms with van der Waals surface area (Å²) in [5, 5.41) is 3.18. The van der Waals surface area contributed by atoms with Crippen LogP contribution in [0.5, 0.6) is 0 Å². The van der Waals surface area contributed by atoms with Gasteiger partial charge in [-0.1, -0.05) is 12.1 Å². The molecule has 5 nitrogen and oxygen atoms in total. The maximum Gasteiger partial charge on any atom is 0.162 e. The van der Waals surface area contributed by atoms with Crippen LogP contribution in [0.3, 0.4) is 0 Å². The van der Waals surface area contributed by atoms with Gasteiger partial charge in [-0.25, -0.2) is 9.97 Å². The van der Waals surface area contributed by atoms with E-state index < -0.39 is 0 Å². The van der Waals surface area contributed by atoms with E-state index in [1.54, 1.807) is 0 Å². The van der Waals surface area contributed by atoms with E-state index in [-0.39, 0.29) is 0 Å². The van der Waals surface area contributed by atoms with Gasteiger partial charge >= 0.3 is 0 Å². The van der Waals surface area contributed by atoms with Gasteiger partial charge in [-0.15, -0.1) is 0 Å². The van der Waals surface area contributed by atoms with Crippen molar-refractivity contribution < 1.29 is 0 Å². The Morgan fingerprint density at radius 1 is 1.09 bits per heavy atom. The van der Waals surface area contributed by atoms with Crippen LogP contribution in [-0.4, -0.2) is 34.7 Å². The summed E-state index contributed by atoms with van der Waals surface area (Å²) in [6.07, 6.45) is 4.54. The SMILES string of the molecule is CNc1cccc(-c2nc(N3CCCC3)c3c(ccn3C)n2)c1. The summed E-state index contributed by atoms with van der Waals surface area (Å²) in [5.41, 5.74) is 4.25. The Bertz CT molecular complexity index is 846. The van der Waals surface area contributed by atoms with Crippen LogP contribution in [0.2, 0.25) is 0 Å². The molecule has 0 amide bonds. The molecule has 1 aliphatic rings. The summed E-state index contributed by atoms with van der Waals surface area (Å²) in [6, 6.07) is 10.3. The largest absolute Gasteiger partial charge is 0.388 e. The first-order valence-corrected chi connectivity index (χ1v) is 8.12. The van der Waals surface area contributed by atoms with Gasteiger partial charge in [-0.05, 0) is 31.0 Å². The highest BCUT2D eigenvalue weighted by Crippen LogP contribution is 2.30. The van der Waals surface area contributed by atoms with Gasteiger partial charge in [0.1, 0.15) is 5.52 Å². The van der Waals surface area contributed by atoms with Crippen LogP contribution in [0.1, 0.15) is 12.8 Å². The molecule has 1 N–H and O–H groups in total. The molecule has 0 spiro atoms. The second-order valence-electron chi connectivity index (χ2n) is 6.06. The van der Waals surface area contributed by atoms with Crippen LogP contribution < -0.4 is 10.2 Å². The van der Waals surface area contributed by atoms with Crippen LogP contribution in [-0.2, 0) is 7.05 Å². The summed E-state index contributed by atoms with van der Waals surface area (Å²) >= 11 is 0. The number of aryl methyl sites for hydroxylation is 1. The Kier molecular flexibility index (Phi) is 3.41. The first kappa shape index (κ1) is 14.1. The van der Waals surface area contributed by atoms with Crippen molar-refractivity contribution in [1.29, 1.82) is 0 Å². The van der Waals surface area contributed by atoms with Crippen molar-refractivity contribution in [3.63, 3.8) is 0 Å². The number of fused-ring (bicyclic) bond motifs is 1. The van der Waals surface area contributed by atoms with E-state index in [2.05, 4.69) is 46.2 Å². The fourth-order valence-corrected chi connectivity index (χ4v) is 3.26. The van der Waals surface area contributed by atoms with Crippen LogP contribution in [0, 0.1) is 0 Å². The van der Waals surface area contributed by atoms with Crippen LogP contribution in [0.4, 0.5) is 11.5 Å². The first-order valence-electron chi connectivity index (χ1n) is 8.12. The van der Waals surface area contributed by atoms with Gasteiger partial charge in [0, 0.05) is 44.6 Å². The van der Waals surface area contributed by atoms with Crippen molar-refractivity contribution >= 4 is 22.5 Å². The number of rotatable bonds is 3. The van der Waals surface area contributed by atoms with Crippen molar-refractivity contribution in [3.05, 3.63) is 36.5 Å². The van der Waals surface area contributed by atoms with Gasteiger partial charge in [-0.3, -0.25) is 0 Å². The van der Waals surface area contributed by atoms with Gasteiger partial charge in [0.25, 0.3) is 0 Å². The number of benzene rings is 1. The first-order chi connectivity index (χ1) is 11.3. The zero-order valence-corrected chi connectivity index (χ0v) is 13.6. The molecule has 0 radical (unpaired) electrons. The van der Waals surface area contributed by atoms with Gasteiger partial charge in [-0.2, -0.15) is 0 Å². The van der Waals surface area contributed by atoms with Crippen molar-refractivity contribution in [2.75, 3.05) is 30.4 Å². The highest BCUT2D eigenvalue weighted by atomic mass is 15.2. The quantitative estimate of drug-likeness (QED) is 0.806. The fourth-order valence-electron chi connectivity index (χ4n) is 3.26. The summed E-state index contributed by atoms with van der Waals surface area (Å²) in [7, 11) is 3.99. The summed E-state index contributed by atoms with van der Waals surface area (Å²) in [5.74, 6) is 1.85. The molecule has 1 fully saturated rings. The van der Waals surface area contributed by atoms with Gasteiger partial charge in [0.15, 0.2) is 11.6 Å². The van der Waals surface area contributed by atoms with Crippen molar-refractivity contribution in [3.8, 4) is 11.4 Å². The Labute approximate surface area is 136 Å². The summed E-state index contributed by atoms with van der Waals surface area (Å²) < 4.78 is 2.12. The van der Waals surface area contributed by atoms with E-state index in [1.807, 2.05) is 19.2 Å². The average molecular weight is 307 g/mol. The smallest absolute Gasteiger partial charge is 0.162 e. The minimum absolute atomic E-state index is 0.794. The van der Waals surface area contributed by atoms with E-state index in [0.29, 0.717) is 0 Å². The molecule has 5 heteroatoms. The standard InChI is InChI=1S/C18H21N5/c1-19-14-7-5-6-13(12-14)17-20-15-8-11-22(2)16(15)18(21-17)23-9-3-4-10-23/h5-8,11-12,19H,3-4,9-10H2,1-2H3. The number of anilines is 2. The third-order valence-electron chi connectivity index (χ3n) is 4.52. The maximum atomic E-state index is 4.93. The van der Waals surface area contributed by atoms with Crippen LogP contribution in [0.15, 0.2) is 36.5 Å². The number of nitrogens with zero attached hydrogens (tertiary/aromatic N) is 4. The second-order valence-corrected chi connectivity index (χ2v) is 6.06. The van der Waals surface area contributed by atoms with E-state index >= 15 is 0 Å². The molecule has 0 aliphatic carbocycles. The Balaban J connectivity index is 1.90. The molecule has 1 aromatic carbocycles. The topological polar surface area (TPSA) is 46.0 Å². The molecule has 0 unspecified atom stereocenters. The fraction of sp³-hybridized carbons (Fsp3) is 0.333. The Morgan fingerprint density at radius 2 is 1.91 bits per heavy atom. The summed E-state index contributed by atoms with van der Waals surface area (Å²) in [6.45, 7) is 2.15. The number of hydrogen-bond donors (Lipinski definition) is 1. The molecule has 2 aromatic heterocycles. The van der Waals surface area contributed by atoms with E-state index in [1.165, 1.54) is 12.8 Å². The van der Waals surface area contributed by atoms with Crippen molar-refractivity contribution in [2.24, 2.45) is 7.05 Å². The number of aromatic nitrogens is 3. The normalized spacial score (nSPS) is 14.6. The van der Waals surface area contributed by atoms with Crippen molar-refractivity contribution in [2.45, 2.75) is 12.8 Å². The van der Waals surface area contributed by atoms with E-state index in [4.69, 9.17) is 9.97 Å². The Hall–Kier alpha value is -2.56. The number of nitrogens with one attached hydrogen (secondary N) is 1. The third-order valence-corrected chi connectivity index (χ3v) is 4.52. The lowest BCUT2D eigenvalue weighted by molar-refractivity contribution is 0.910. The average Bonchev–Trinajstić information content (AvgIpc) is 3.24. The zero-order valence-electron chi connectivity index (χ0n) is 13.6. The third kappa shape index (κ3) is 2.42. The maximum absolute atomic E-state index is 4.93. The molecular formula is C18H21N5. The van der Waals surface area contributed by atoms with Gasteiger partial charge in [0.05, 0.1) is 5.52 Å². The van der Waals surface area contributed by atoms with Crippen molar-refractivity contribution in [1.82, 2.24) is 14.5 Å². The zero-order chi connectivity index (χ0) is 15.8. The summed E-state index contributed by atoms with van der Waals surface area (Å²) in [4.78, 5) is 12.1. The molecule has 118 valence electrons. The lowest BCUT2D eigenvalue weighted by Gasteiger charge is -2.19. The molecule has 3 heterocycles. The molecule has 4 rings (SSSR count). The predicted octanol–water partition coefficient (Wildman–Crippen LogP) is 3.28. The molecule has 0 saturated carbocycles. The van der Waals surface area contributed by atoms with Crippen LogP contribution in [0.25, 0.3) is 22.4 Å². The molecule has 23 heavy (non-hydrogen) atoms. The highest BCUT2D eigenvalue weighted by molar-refractivity contribution is 5.89. The van der Waals surface area contributed by atoms with Gasteiger partial charge in [0.2, 0.25) is 0 Å². The molecule has 0 bridgehead atoms. The molecule has 1 aliphatic heterocycles. The molecule has 1 saturated heterocycles. The lowest BCUT2D eigenvalue weighted by Crippen LogP contribution is -2.20. The minimum Gasteiger partial charge on any atom is -0.388 e.